The Labute approximate surface area is 133 Å². The van der Waals surface area contributed by atoms with Gasteiger partial charge in [-0.3, -0.25) is 4.79 Å². The zero-order valence-electron chi connectivity index (χ0n) is 11.6. The second-order valence-corrected chi connectivity index (χ2v) is 4.68. The van der Waals surface area contributed by atoms with Gasteiger partial charge >= 0.3 is 0 Å². The number of hydrazone groups is 1. The number of nitrogens with zero attached hydrogens (tertiary/aromatic N) is 1. The molecule has 0 fully saturated rings. The topological polar surface area (TPSA) is 50.7 Å². The molecule has 110 valence electrons. The minimum atomic E-state index is -0.347. The van der Waals surface area contributed by atoms with Gasteiger partial charge in [0.15, 0.2) is 0 Å². The smallest absolute Gasteiger partial charge is 0.271 e. The Balaban J connectivity index is 2.04. The summed E-state index contributed by atoms with van der Waals surface area (Å²) in [4.78, 5) is 11.9. The van der Waals surface area contributed by atoms with Crippen molar-refractivity contribution < 1.29 is 9.53 Å². The molecule has 1 N–H and O–H groups in total. The molecule has 0 aliphatic rings. The first-order chi connectivity index (χ1) is 10.7. The molecule has 4 nitrogen and oxygen atoms in total. The summed E-state index contributed by atoms with van der Waals surface area (Å²) in [7, 11) is 0. The van der Waals surface area contributed by atoms with E-state index in [0.717, 1.165) is 0 Å². The van der Waals surface area contributed by atoms with Crippen molar-refractivity contribution in [3.63, 3.8) is 0 Å². The minimum absolute atomic E-state index is 0.166. The number of carbonyl (C=O) groups excluding carboxylic acids is 1. The quantitative estimate of drug-likeness (QED) is 0.524. The number of hydrogen-bond acceptors (Lipinski definition) is 3. The highest BCUT2D eigenvalue weighted by Crippen LogP contribution is 2.15. The molecule has 5 heteroatoms. The molecular formula is C17H13ClN2O2. The van der Waals surface area contributed by atoms with Crippen LogP contribution in [0.3, 0.4) is 0 Å². The fraction of sp³-hybridized carbons (Fsp3) is 0.0588. The van der Waals surface area contributed by atoms with Crippen LogP contribution in [0.4, 0.5) is 0 Å². The number of ether oxygens (including phenoxy) is 1. The Bertz CT molecular complexity index is 735. The van der Waals surface area contributed by atoms with Gasteiger partial charge in [0, 0.05) is 16.1 Å². The average Bonchev–Trinajstić information content (AvgIpc) is 2.54. The van der Waals surface area contributed by atoms with Gasteiger partial charge in [0.25, 0.3) is 5.91 Å². The van der Waals surface area contributed by atoms with Crippen molar-refractivity contribution in [1.29, 1.82) is 0 Å². The SMILES string of the molecule is C#CCOc1ccccc1/C=N\NC(=O)c1cccc(Cl)c1. The standard InChI is InChI=1S/C17H13ClN2O2/c1-2-10-22-16-9-4-3-6-14(16)12-19-20-17(21)13-7-5-8-15(18)11-13/h1,3-9,11-12H,10H2,(H,20,21)/b19-12-. The Morgan fingerprint density at radius 1 is 1.32 bits per heavy atom. The number of carbonyl (C=O) groups is 1. The number of amides is 1. The van der Waals surface area contributed by atoms with E-state index in [9.17, 15) is 4.79 Å². The van der Waals surface area contributed by atoms with Crippen LogP contribution >= 0.6 is 11.6 Å². The van der Waals surface area contributed by atoms with E-state index < -0.39 is 0 Å². The first-order valence-electron chi connectivity index (χ1n) is 6.45. The number of halogens is 1. The molecule has 0 atom stereocenters. The van der Waals surface area contributed by atoms with Crippen molar-refractivity contribution in [2.75, 3.05) is 6.61 Å². The Morgan fingerprint density at radius 3 is 2.91 bits per heavy atom. The zero-order chi connectivity index (χ0) is 15.8. The predicted octanol–water partition coefficient (Wildman–Crippen LogP) is 3.12. The van der Waals surface area contributed by atoms with Crippen molar-refractivity contribution in [2.45, 2.75) is 0 Å². The minimum Gasteiger partial charge on any atom is -0.480 e. The summed E-state index contributed by atoms with van der Waals surface area (Å²) in [6.45, 7) is 0.166. The molecule has 1 amide bonds. The second kappa shape index (κ2) is 7.87. The molecule has 0 saturated carbocycles. The van der Waals surface area contributed by atoms with Crippen molar-refractivity contribution in [2.24, 2.45) is 5.10 Å². The van der Waals surface area contributed by atoms with Crippen LogP contribution in [0.2, 0.25) is 5.02 Å². The summed E-state index contributed by atoms with van der Waals surface area (Å²) in [5, 5.41) is 4.41. The van der Waals surface area contributed by atoms with Gasteiger partial charge in [-0.1, -0.05) is 35.7 Å². The summed E-state index contributed by atoms with van der Waals surface area (Å²) in [6, 6.07) is 13.9. The van der Waals surface area contributed by atoms with Crippen LogP contribution in [0.25, 0.3) is 0 Å². The van der Waals surface area contributed by atoms with Crippen LogP contribution in [-0.4, -0.2) is 18.7 Å². The summed E-state index contributed by atoms with van der Waals surface area (Å²) in [6.07, 6.45) is 6.66. The predicted molar refractivity (Wildman–Crippen MR) is 87.3 cm³/mol. The molecule has 2 aromatic rings. The van der Waals surface area contributed by atoms with Crippen molar-refractivity contribution in [1.82, 2.24) is 5.43 Å². The summed E-state index contributed by atoms with van der Waals surface area (Å²) in [5.74, 6) is 2.65. The van der Waals surface area contributed by atoms with Gasteiger partial charge in [-0.15, -0.1) is 6.42 Å². The lowest BCUT2D eigenvalue weighted by Crippen LogP contribution is -2.17. The third-order valence-corrected chi connectivity index (χ3v) is 2.92. The van der Waals surface area contributed by atoms with Crippen LogP contribution in [0, 0.1) is 12.3 Å². The van der Waals surface area contributed by atoms with Crippen molar-refractivity contribution in [3.05, 3.63) is 64.7 Å². The lowest BCUT2D eigenvalue weighted by molar-refractivity contribution is 0.0955. The van der Waals surface area contributed by atoms with E-state index in [1.807, 2.05) is 12.1 Å². The van der Waals surface area contributed by atoms with Gasteiger partial charge in [0.2, 0.25) is 0 Å². The first kappa shape index (κ1) is 15.6. The van der Waals surface area contributed by atoms with E-state index in [1.165, 1.54) is 6.21 Å². The molecule has 0 radical (unpaired) electrons. The lowest BCUT2D eigenvalue weighted by Gasteiger charge is -2.05. The van der Waals surface area contributed by atoms with E-state index in [-0.39, 0.29) is 12.5 Å². The molecule has 0 aromatic heterocycles. The maximum Gasteiger partial charge on any atom is 0.271 e. The number of rotatable bonds is 5. The van der Waals surface area contributed by atoms with E-state index >= 15 is 0 Å². The van der Waals surface area contributed by atoms with Crippen LogP contribution in [0.5, 0.6) is 5.75 Å². The highest BCUT2D eigenvalue weighted by Gasteiger charge is 2.04. The first-order valence-corrected chi connectivity index (χ1v) is 6.83. The number of para-hydroxylation sites is 1. The molecule has 0 spiro atoms. The van der Waals surface area contributed by atoms with Crippen molar-refractivity contribution >= 4 is 23.7 Å². The third-order valence-electron chi connectivity index (χ3n) is 2.69. The average molecular weight is 313 g/mol. The van der Waals surface area contributed by atoms with Crippen LogP contribution in [-0.2, 0) is 0 Å². The van der Waals surface area contributed by atoms with Gasteiger partial charge < -0.3 is 4.74 Å². The number of terminal acetylenes is 1. The number of hydrogen-bond donors (Lipinski definition) is 1. The highest BCUT2D eigenvalue weighted by molar-refractivity contribution is 6.30. The van der Waals surface area contributed by atoms with Gasteiger partial charge in [0.05, 0.1) is 6.21 Å². The molecule has 22 heavy (non-hydrogen) atoms. The normalized spacial score (nSPS) is 10.2. The maximum atomic E-state index is 11.9. The molecular weight excluding hydrogens is 300 g/mol. The molecule has 0 aliphatic carbocycles. The number of benzene rings is 2. The lowest BCUT2D eigenvalue weighted by atomic mass is 10.2. The molecule has 0 unspecified atom stereocenters. The fourth-order valence-electron chi connectivity index (χ4n) is 1.69. The van der Waals surface area contributed by atoms with E-state index in [4.69, 9.17) is 22.8 Å². The largest absolute Gasteiger partial charge is 0.480 e. The Morgan fingerprint density at radius 2 is 2.14 bits per heavy atom. The molecule has 0 saturated heterocycles. The molecule has 0 aliphatic heterocycles. The van der Waals surface area contributed by atoms with E-state index in [1.54, 1.807) is 36.4 Å². The Kier molecular flexibility index (Phi) is 5.58. The van der Waals surface area contributed by atoms with E-state index in [2.05, 4.69) is 16.4 Å². The highest BCUT2D eigenvalue weighted by atomic mass is 35.5. The second-order valence-electron chi connectivity index (χ2n) is 4.24. The molecule has 0 heterocycles. The van der Waals surface area contributed by atoms with E-state index in [0.29, 0.717) is 21.9 Å². The van der Waals surface area contributed by atoms with Gasteiger partial charge in [-0.2, -0.15) is 5.10 Å². The van der Waals surface area contributed by atoms with Crippen molar-refractivity contribution in [3.8, 4) is 18.1 Å². The fourth-order valence-corrected chi connectivity index (χ4v) is 1.88. The maximum absolute atomic E-state index is 11.9. The molecule has 2 rings (SSSR count). The van der Waals surface area contributed by atoms with Gasteiger partial charge in [0.1, 0.15) is 12.4 Å². The van der Waals surface area contributed by atoms with Crippen LogP contribution in [0.1, 0.15) is 15.9 Å². The van der Waals surface area contributed by atoms with Crippen LogP contribution < -0.4 is 10.2 Å². The molecule has 0 bridgehead atoms. The van der Waals surface area contributed by atoms with Crippen LogP contribution in [0.15, 0.2) is 53.6 Å². The third kappa shape index (κ3) is 4.37. The number of nitrogens with one attached hydrogen (secondary N) is 1. The summed E-state index contributed by atoms with van der Waals surface area (Å²) < 4.78 is 5.39. The molecule has 2 aromatic carbocycles. The van der Waals surface area contributed by atoms with Gasteiger partial charge in [-0.05, 0) is 30.3 Å². The van der Waals surface area contributed by atoms with Gasteiger partial charge in [-0.25, -0.2) is 5.43 Å². The summed E-state index contributed by atoms with van der Waals surface area (Å²) >= 11 is 5.84. The monoisotopic (exact) mass is 312 g/mol. The Hall–Kier alpha value is -2.77. The summed E-state index contributed by atoms with van der Waals surface area (Å²) in [5.41, 5.74) is 3.58. The zero-order valence-corrected chi connectivity index (χ0v) is 12.4.